The highest BCUT2D eigenvalue weighted by Crippen LogP contribution is 2.11. The third kappa shape index (κ3) is 4.96. The number of aliphatic hydroxyl groups is 1. The Morgan fingerprint density at radius 3 is 2.70 bits per heavy atom. The number of carbonyl (C=O) groups is 1. The molecule has 6 heteroatoms. The zero-order valence-electron chi connectivity index (χ0n) is 13.8. The minimum absolute atomic E-state index is 0.275. The molecule has 126 valence electrons. The van der Waals surface area contributed by atoms with E-state index < -0.39 is 0 Å². The average molecular weight is 319 g/mol. The number of likely N-dealkylation sites (tertiary alicyclic amines) is 1. The van der Waals surface area contributed by atoms with Crippen LogP contribution in [0.2, 0.25) is 0 Å². The van der Waals surface area contributed by atoms with Gasteiger partial charge in [0.2, 0.25) is 0 Å². The molecule has 23 heavy (non-hydrogen) atoms. The number of benzene rings is 1. The molecule has 1 aromatic rings. The molecular formula is C17H25N3O3. The third-order valence-electron chi connectivity index (χ3n) is 3.67. The predicted molar refractivity (Wildman–Crippen MR) is 89.4 cm³/mol. The van der Waals surface area contributed by atoms with Crippen LogP contribution in [0.25, 0.3) is 0 Å². The highest BCUT2D eigenvalue weighted by atomic mass is 16.5. The van der Waals surface area contributed by atoms with Crippen LogP contribution in [-0.4, -0.2) is 54.3 Å². The Hall–Kier alpha value is -2.08. The van der Waals surface area contributed by atoms with Crippen molar-refractivity contribution in [2.24, 2.45) is 4.99 Å². The Morgan fingerprint density at radius 2 is 2.13 bits per heavy atom. The van der Waals surface area contributed by atoms with Crippen molar-refractivity contribution in [3.8, 4) is 0 Å². The largest absolute Gasteiger partial charge is 0.462 e. The Morgan fingerprint density at radius 1 is 1.39 bits per heavy atom. The Labute approximate surface area is 137 Å². The number of nitrogens with one attached hydrogen (secondary N) is 1. The van der Waals surface area contributed by atoms with Crippen molar-refractivity contribution in [1.29, 1.82) is 0 Å². The lowest BCUT2D eigenvalue weighted by molar-refractivity contribution is 0.0526. The smallest absolute Gasteiger partial charge is 0.338 e. The molecule has 0 bridgehead atoms. The maximum atomic E-state index is 11.6. The molecule has 0 unspecified atom stereocenters. The van der Waals surface area contributed by atoms with Crippen LogP contribution < -0.4 is 5.32 Å². The molecule has 1 aliphatic rings. The van der Waals surface area contributed by atoms with Gasteiger partial charge in [-0.15, -0.1) is 0 Å². The fourth-order valence-corrected chi connectivity index (χ4v) is 2.49. The number of guanidine groups is 1. The van der Waals surface area contributed by atoms with E-state index in [4.69, 9.17) is 4.74 Å². The Balaban J connectivity index is 2.00. The van der Waals surface area contributed by atoms with Gasteiger partial charge in [0.05, 0.1) is 24.8 Å². The molecule has 1 atom stereocenters. The van der Waals surface area contributed by atoms with E-state index in [1.54, 1.807) is 19.1 Å². The maximum absolute atomic E-state index is 11.6. The maximum Gasteiger partial charge on any atom is 0.338 e. The quantitative estimate of drug-likeness (QED) is 0.487. The fourth-order valence-electron chi connectivity index (χ4n) is 2.49. The summed E-state index contributed by atoms with van der Waals surface area (Å²) in [6.07, 6.45) is 0.501. The van der Waals surface area contributed by atoms with Gasteiger partial charge in [0, 0.05) is 19.6 Å². The van der Waals surface area contributed by atoms with Crippen molar-refractivity contribution in [2.75, 3.05) is 26.2 Å². The molecule has 0 aliphatic carbocycles. The summed E-state index contributed by atoms with van der Waals surface area (Å²) in [6.45, 7) is 6.93. The number of esters is 1. The number of carbonyl (C=O) groups excluding carboxylic acids is 1. The van der Waals surface area contributed by atoms with Gasteiger partial charge < -0.3 is 20.1 Å². The van der Waals surface area contributed by atoms with Crippen LogP contribution in [0.5, 0.6) is 0 Å². The van der Waals surface area contributed by atoms with Crippen molar-refractivity contribution < 1.29 is 14.6 Å². The second-order valence-corrected chi connectivity index (χ2v) is 5.48. The van der Waals surface area contributed by atoms with Crippen molar-refractivity contribution in [3.63, 3.8) is 0 Å². The van der Waals surface area contributed by atoms with Crippen LogP contribution in [-0.2, 0) is 11.3 Å². The number of nitrogens with zero attached hydrogens (tertiary/aromatic N) is 2. The average Bonchev–Trinajstić information content (AvgIpc) is 2.98. The number of β-amino-alcohol motifs (C(OH)–C–C–N with tert-alkyl or cyclic N) is 1. The zero-order valence-corrected chi connectivity index (χ0v) is 13.8. The van der Waals surface area contributed by atoms with Gasteiger partial charge in [0.15, 0.2) is 5.96 Å². The summed E-state index contributed by atoms with van der Waals surface area (Å²) >= 11 is 0. The predicted octanol–water partition coefficient (Wildman–Crippen LogP) is 1.40. The summed E-state index contributed by atoms with van der Waals surface area (Å²) in [6, 6.07) is 7.29. The van der Waals surface area contributed by atoms with Gasteiger partial charge in [-0.1, -0.05) is 12.1 Å². The first-order chi connectivity index (χ1) is 11.1. The van der Waals surface area contributed by atoms with Crippen molar-refractivity contribution >= 4 is 11.9 Å². The van der Waals surface area contributed by atoms with Crippen LogP contribution in [0.3, 0.4) is 0 Å². The molecule has 1 heterocycles. The van der Waals surface area contributed by atoms with Crippen molar-refractivity contribution in [3.05, 3.63) is 35.4 Å². The minimum Gasteiger partial charge on any atom is -0.462 e. The summed E-state index contributed by atoms with van der Waals surface area (Å²) in [5.41, 5.74) is 1.57. The number of aliphatic imine (C=N–C) groups is 1. The first-order valence-electron chi connectivity index (χ1n) is 8.11. The van der Waals surface area contributed by atoms with E-state index in [2.05, 4.69) is 15.2 Å². The lowest BCUT2D eigenvalue weighted by atomic mass is 10.1. The standard InChI is InChI=1S/C17H25N3O3/c1-3-18-17(20-10-9-15(21)12-20)19-11-13-5-7-14(8-6-13)16(22)23-4-2/h5-8,15,21H,3-4,9-12H2,1-2H3,(H,18,19)/t15-/m1/s1. The monoisotopic (exact) mass is 319 g/mol. The van der Waals surface area contributed by atoms with E-state index in [1.807, 2.05) is 19.1 Å². The highest BCUT2D eigenvalue weighted by molar-refractivity contribution is 5.89. The molecule has 2 rings (SSSR count). The van der Waals surface area contributed by atoms with Crippen LogP contribution in [0.1, 0.15) is 36.2 Å². The van der Waals surface area contributed by atoms with Gasteiger partial charge in [0.1, 0.15) is 0 Å². The zero-order chi connectivity index (χ0) is 16.7. The summed E-state index contributed by atoms with van der Waals surface area (Å²) in [7, 11) is 0. The molecule has 0 radical (unpaired) electrons. The molecule has 1 aromatic carbocycles. The number of rotatable bonds is 5. The van der Waals surface area contributed by atoms with E-state index in [1.165, 1.54) is 0 Å². The van der Waals surface area contributed by atoms with E-state index in [0.29, 0.717) is 25.3 Å². The second kappa shape index (κ2) is 8.53. The fraction of sp³-hybridized carbons (Fsp3) is 0.529. The van der Waals surface area contributed by atoms with Gasteiger partial charge in [-0.2, -0.15) is 0 Å². The summed E-state index contributed by atoms with van der Waals surface area (Å²) in [5, 5.41) is 12.9. The first kappa shape index (κ1) is 17.3. The molecule has 0 spiro atoms. The molecule has 1 aliphatic heterocycles. The van der Waals surface area contributed by atoms with Crippen LogP contribution in [0, 0.1) is 0 Å². The normalized spacial score (nSPS) is 18.1. The van der Waals surface area contributed by atoms with E-state index >= 15 is 0 Å². The van der Waals surface area contributed by atoms with Gasteiger partial charge >= 0.3 is 5.97 Å². The lowest BCUT2D eigenvalue weighted by Gasteiger charge is -2.20. The van der Waals surface area contributed by atoms with Crippen LogP contribution >= 0.6 is 0 Å². The highest BCUT2D eigenvalue weighted by Gasteiger charge is 2.22. The number of hydrogen-bond donors (Lipinski definition) is 2. The number of ether oxygens (including phenoxy) is 1. The molecule has 6 nitrogen and oxygen atoms in total. The summed E-state index contributed by atoms with van der Waals surface area (Å²) in [4.78, 5) is 18.3. The number of hydrogen-bond acceptors (Lipinski definition) is 4. The van der Waals surface area contributed by atoms with Gasteiger partial charge in [0.25, 0.3) is 0 Å². The summed E-state index contributed by atoms with van der Waals surface area (Å²) < 4.78 is 4.97. The minimum atomic E-state index is -0.304. The van der Waals surface area contributed by atoms with Gasteiger partial charge in [-0.05, 0) is 38.0 Å². The first-order valence-corrected chi connectivity index (χ1v) is 8.11. The molecule has 0 aromatic heterocycles. The molecule has 0 saturated carbocycles. The molecule has 0 amide bonds. The molecule has 2 N–H and O–H groups in total. The second-order valence-electron chi connectivity index (χ2n) is 5.48. The Kier molecular flexibility index (Phi) is 6.40. The lowest BCUT2D eigenvalue weighted by Crippen LogP contribution is -2.40. The van der Waals surface area contributed by atoms with Gasteiger partial charge in [-0.25, -0.2) is 9.79 Å². The molecule has 1 fully saturated rings. The van der Waals surface area contributed by atoms with Crippen molar-refractivity contribution in [1.82, 2.24) is 10.2 Å². The van der Waals surface area contributed by atoms with E-state index in [0.717, 1.165) is 31.0 Å². The van der Waals surface area contributed by atoms with E-state index in [-0.39, 0.29) is 12.1 Å². The molecule has 1 saturated heterocycles. The summed E-state index contributed by atoms with van der Waals surface area (Å²) in [5.74, 6) is 0.514. The van der Waals surface area contributed by atoms with Crippen LogP contribution in [0.4, 0.5) is 0 Å². The molecular weight excluding hydrogens is 294 g/mol. The SMILES string of the molecule is CCNC(=NCc1ccc(C(=O)OCC)cc1)N1CC[C@@H](O)C1. The Bertz CT molecular complexity index is 543. The van der Waals surface area contributed by atoms with E-state index in [9.17, 15) is 9.90 Å². The topological polar surface area (TPSA) is 74.2 Å². The third-order valence-corrected chi connectivity index (χ3v) is 3.67. The van der Waals surface area contributed by atoms with Crippen LogP contribution in [0.15, 0.2) is 29.3 Å². The van der Waals surface area contributed by atoms with Crippen molar-refractivity contribution in [2.45, 2.75) is 32.9 Å². The van der Waals surface area contributed by atoms with Gasteiger partial charge in [-0.3, -0.25) is 0 Å². The number of aliphatic hydroxyl groups excluding tert-OH is 1.